The van der Waals surface area contributed by atoms with Crippen LogP contribution in [0.5, 0.6) is 0 Å². The lowest BCUT2D eigenvalue weighted by Crippen LogP contribution is -2.41. The summed E-state index contributed by atoms with van der Waals surface area (Å²) in [5, 5.41) is 14.9. The van der Waals surface area contributed by atoms with Crippen molar-refractivity contribution in [1.82, 2.24) is 24.1 Å². The number of amides is 1. The molecule has 0 aliphatic carbocycles. The van der Waals surface area contributed by atoms with Gasteiger partial charge in [0.2, 0.25) is 0 Å². The number of nitrogens with one attached hydrogen (secondary N) is 2. The lowest BCUT2D eigenvalue weighted by atomic mass is 9.78. The van der Waals surface area contributed by atoms with Crippen LogP contribution in [-0.2, 0) is 36.9 Å². The molecule has 1 amide bonds. The molecule has 7 heterocycles. The minimum Gasteiger partial charge on any atom is -0.384 e. The van der Waals surface area contributed by atoms with Crippen LogP contribution in [0.25, 0.3) is 21.7 Å². The first-order chi connectivity index (χ1) is 37.7. The Labute approximate surface area is 486 Å². The average molecular weight is 1100 g/mol. The molecule has 0 radical (unpaired) electrons. The Morgan fingerprint density at radius 2 is 1.20 bits per heavy atom. The zero-order valence-electron chi connectivity index (χ0n) is 51.2. The summed E-state index contributed by atoms with van der Waals surface area (Å²) in [4.78, 5) is 27.8. The normalized spacial score (nSPS) is 16.4. The molecule has 434 valence electrons. The van der Waals surface area contributed by atoms with Gasteiger partial charge in [-0.3, -0.25) is 14.5 Å². The number of benzene rings is 5. The fourth-order valence-corrected chi connectivity index (χ4v) is 10.6. The molecule has 0 bridgehead atoms. The Morgan fingerprint density at radius 3 is 1.80 bits per heavy atom. The van der Waals surface area contributed by atoms with E-state index in [1.807, 2.05) is 70.1 Å². The van der Waals surface area contributed by atoms with Gasteiger partial charge in [-0.2, -0.15) is 0 Å². The molecule has 0 saturated carbocycles. The number of anilines is 2. The van der Waals surface area contributed by atoms with Crippen LogP contribution in [0.1, 0.15) is 163 Å². The third kappa shape index (κ3) is 16.4. The lowest BCUT2D eigenvalue weighted by Gasteiger charge is -2.32. The minimum absolute atomic E-state index is 0. The van der Waals surface area contributed by atoms with E-state index in [9.17, 15) is 9.59 Å². The van der Waals surface area contributed by atoms with E-state index in [0.29, 0.717) is 34.9 Å². The van der Waals surface area contributed by atoms with Crippen LogP contribution in [0.2, 0.25) is 0 Å². The maximum atomic E-state index is 12.0. The molecule has 0 saturated heterocycles. The zero-order chi connectivity index (χ0) is 58.2. The van der Waals surface area contributed by atoms with E-state index in [1.165, 1.54) is 45.3 Å². The highest BCUT2D eigenvalue weighted by Crippen LogP contribution is 2.42. The number of carbonyl (C=O) groups excluding carboxylic acids is 1. The first-order valence-electron chi connectivity index (χ1n) is 29.1. The number of hydrogen-bond acceptors (Lipinski definition) is 7. The molecule has 0 fully saturated rings. The number of carbonyl (C=O) groups is 1. The largest absolute Gasteiger partial charge is 0.384 e. The summed E-state index contributed by atoms with van der Waals surface area (Å²) in [6.07, 6.45) is 6.56. The highest BCUT2D eigenvalue weighted by molar-refractivity contribution is 5.97. The number of pyridine rings is 1. The van der Waals surface area contributed by atoms with Gasteiger partial charge in [-0.25, -0.2) is 0 Å². The topological polar surface area (TPSA) is 101 Å². The van der Waals surface area contributed by atoms with Gasteiger partial charge >= 0.3 is 0 Å². The summed E-state index contributed by atoms with van der Waals surface area (Å²) in [6, 6.07) is 48.5. The van der Waals surface area contributed by atoms with Crippen molar-refractivity contribution in [1.29, 1.82) is 0 Å². The zero-order valence-corrected chi connectivity index (χ0v) is 51.2. The van der Waals surface area contributed by atoms with Crippen LogP contribution in [0.3, 0.4) is 0 Å². The van der Waals surface area contributed by atoms with Crippen molar-refractivity contribution in [3.63, 3.8) is 0 Å². The highest BCUT2D eigenvalue weighted by atomic mass is 16.5. The summed E-state index contributed by atoms with van der Waals surface area (Å²) in [5.41, 5.74) is 11.8. The van der Waals surface area contributed by atoms with E-state index in [-0.39, 0.29) is 29.8 Å². The second-order valence-corrected chi connectivity index (χ2v) is 26.6. The molecule has 81 heavy (non-hydrogen) atoms. The van der Waals surface area contributed by atoms with E-state index in [4.69, 9.17) is 4.52 Å². The predicted octanol–water partition coefficient (Wildman–Crippen LogP) is 16.6. The number of aromatic nitrogens is 3. The smallest absolute Gasteiger partial charge is 0.254 e. The molecule has 4 aliphatic rings. The molecule has 8 aromatic rings. The Kier molecular flexibility index (Phi) is 20.9. The number of hydrogen-bond donors (Lipinski definition) is 2. The molecule has 0 spiro atoms. The maximum absolute atomic E-state index is 12.0. The van der Waals surface area contributed by atoms with Gasteiger partial charge in [-0.05, 0) is 136 Å². The number of rotatable bonds is 2. The van der Waals surface area contributed by atoms with Crippen molar-refractivity contribution in [2.45, 2.75) is 179 Å². The third-order valence-electron chi connectivity index (χ3n) is 15.7. The van der Waals surface area contributed by atoms with Gasteiger partial charge in [0.15, 0.2) is 5.58 Å². The Balaban J connectivity index is 0.000000156. The minimum atomic E-state index is 0. The van der Waals surface area contributed by atoms with Crippen LogP contribution in [0.4, 0.5) is 11.4 Å². The van der Waals surface area contributed by atoms with Gasteiger partial charge in [0.25, 0.3) is 11.5 Å². The second kappa shape index (κ2) is 26.8. The molecule has 3 aromatic heterocycles. The fourth-order valence-electron chi connectivity index (χ4n) is 10.6. The van der Waals surface area contributed by atoms with Crippen LogP contribution in [0, 0.1) is 10.8 Å². The van der Waals surface area contributed by atoms with Crippen molar-refractivity contribution >= 4 is 39.0 Å². The van der Waals surface area contributed by atoms with E-state index >= 15 is 0 Å². The number of fused-ring (bicyclic) bond motifs is 6. The Bertz CT molecular complexity index is 3280. The highest BCUT2D eigenvalue weighted by Gasteiger charge is 2.32. The van der Waals surface area contributed by atoms with Crippen LogP contribution in [-0.4, -0.2) is 67.8 Å². The van der Waals surface area contributed by atoms with Crippen molar-refractivity contribution in [2.24, 2.45) is 10.8 Å². The first kappa shape index (κ1) is 63.3. The molecule has 12 rings (SSSR count). The van der Waals surface area contributed by atoms with Gasteiger partial charge < -0.3 is 29.2 Å². The quantitative estimate of drug-likeness (QED) is 0.178. The van der Waals surface area contributed by atoms with Crippen LogP contribution in [0.15, 0.2) is 161 Å². The van der Waals surface area contributed by atoms with Crippen molar-refractivity contribution < 1.29 is 9.32 Å². The van der Waals surface area contributed by atoms with Gasteiger partial charge in [0.1, 0.15) is 0 Å². The van der Waals surface area contributed by atoms with Gasteiger partial charge in [0, 0.05) is 114 Å². The second-order valence-electron chi connectivity index (χ2n) is 26.6. The molecule has 2 N–H and O–H groups in total. The fraction of sp³-hybridized carbons (Fsp3) is 0.451. The Morgan fingerprint density at radius 1 is 0.605 bits per heavy atom. The average Bonchev–Trinajstić information content (AvgIpc) is 4.26. The standard InChI is InChI=1S/C12H15NO.C12H15N.2C12H17N.C11H16N2O.C11H13NO.CH4/c1-9(2)13-8-7-10-5-3-4-6-11(10)12(13)14;1-12(2,3)13-8-10-6-4-5-7-11(10)9-13;1-12(2,3)10-8-13-11-7-5-4-6-9(10)11;1-12(2,3)11-8-9-6-4-5-7-10(9)13-11;1-9(2)12-6-7-13-10(8-12)4-3-5-11(13)14;1-11(2,3)10-8-6-4-5-7-9(8)13-12-10;/h3-6,9H,7-8H2,1-2H3;4-9H,1-3H3;4-7,10,13H,8H2,1-3H3;4-7,11,13H,8H2,1-3H3;3-5,9H,6-8H2,1-2H3;4-7H,1-3H3;1H4. The molecule has 2 atom stereocenters. The van der Waals surface area contributed by atoms with Crippen molar-refractivity contribution in [3.8, 4) is 0 Å². The van der Waals surface area contributed by atoms with Crippen molar-refractivity contribution in [2.75, 3.05) is 30.3 Å². The van der Waals surface area contributed by atoms with E-state index in [0.717, 1.165) is 67.1 Å². The molecule has 10 nitrogen and oxygen atoms in total. The van der Waals surface area contributed by atoms with Gasteiger partial charge in [-0.1, -0.05) is 172 Å². The summed E-state index contributed by atoms with van der Waals surface area (Å²) in [6.45, 7) is 40.0. The first-order valence-corrected chi connectivity index (χ1v) is 29.1. The van der Waals surface area contributed by atoms with Gasteiger partial charge in [-0.15, -0.1) is 0 Å². The van der Waals surface area contributed by atoms with E-state index in [1.54, 1.807) is 6.07 Å². The number of para-hydroxylation sites is 3. The molecule has 2 unspecified atom stereocenters. The van der Waals surface area contributed by atoms with Gasteiger partial charge in [0.05, 0.1) is 5.69 Å². The maximum Gasteiger partial charge on any atom is 0.254 e. The molecular weight excluding hydrogens is 999 g/mol. The summed E-state index contributed by atoms with van der Waals surface area (Å²) < 4.78 is 9.36. The summed E-state index contributed by atoms with van der Waals surface area (Å²) in [5.74, 6) is 0.838. The molecular formula is C71H97N7O3. The van der Waals surface area contributed by atoms with Crippen LogP contribution < -0.4 is 16.2 Å². The van der Waals surface area contributed by atoms with Crippen LogP contribution >= 0.6 is 0 Å². The SMILES string of the molecule is C.CC(C)(C)C1CNc2ccccc21.CC(C)(C)C1Cc2ccccc2N1.CC(C)(C)c1noc2ccccc12.CC(C)(C)n1cc2ccccc2c1.CC(C)N1CCc2ccccc2C1=O.CC(C)N1CCn2c(cccc2=O)C1. The summed E-state index contributed by atoms with van der Waals surface area (Å²) in [7, 11) is 0. The van der Waals surface area contributed by atoms with E-state index in [2.05, 4.69) is 221 Å². The van der Waals surface area contributed by atoms with E-state index < -0.39 is 0 Å². The lowest BCUT2D eigenvalue weighted by molar-refractivity contribution is 0.0688. The predicted molar refractivity (Wildman–Crippen MR) is 343 cm³/mol. The molecule has 5 aromatic carbocycles. The summed E-state index contributed by atoms with van der Waals surface area (Å²) >= 11 is 0. The monoisotopic (exact) mass is 1100 g/mol. The third-order valence-corrected chi connectivity index (χ3v) is 15.7. The molecule has 10 heteroatoms. The van der Waals surface area contributed by atoms with Crippen molar-refractivity contribution in [3.05, 3.63) is 196 Å². The Hall–Kier alpha value is -6.91. The number of nitrogens with zero attached hydrogens (tertiary/aromatic N) is 5. The molecule has 4 aliphatic heterocycles.